The van der Waals surface area contributed by atoms with Gasteiger partial charge in [-0.15, -0.1) is 0 Å². The molecule has 0 unspecified atom stereocenters. The molecule has 0 radical (unpaired) electrons. The number of allylic oxidation sites excluding steroid dienone is 1. The van der Waals surface area contributed by atoms with Crippen LogP contribution < -0.4 is 0 Å². The normalized spacial score (nSPS) is 30.2. The molecule has 1 saturated carbocycles. The first-order valence-electron chi connectivity index (χ1n) is 1.86. The first kappa shape index (κ1) is 7.01. The van der Waals surface area contributed by atoms with Crippen LogP contribution in [0.25, 0.3) is 0 Å². The summed E-state index contributed by atoms with van der Waals surface area (Å²) in [6.07, 6.45) is 0. The van der Waals surface area contributed by atoms with Gasteiger partial charge in [0.15, 0.2) is 8.67 Å². The van der Waals surface area contributed by atoms with E-state index in [1.165, 1.54) is 0 Å². The summed E-state index contributed by atoms with van der Waals surface area (Å²) in [4.78, 5) is 0. The summed E-state index contributed by atoms with van der Waals surface area (Å²) < 4.78 is -2.23. The van der Waals surface area contributed by atoms with E-state index in [0.717, 1.165) is 0 Å². The van der Waals surface area contributed by atoms with Gasteiger partial charge >= 0.3 is 0 Å². The Morgan fingerprint density at radius 3 is 1.12 bits per heavy atom. The molecule has 1 aliphatic carbocycles. The second-order valence-corrected chi connectivity index (χ2v) is 4.28. The van der Waals surface area contributed by atoms with Gasteiger partial charge in [0.25, 0.3) is 0 Å². The molecule has 0 amide bonds. The zero-order valence-corrected chi connectivity index (χ0v) is 6.74. The van der Waals surface area contributed by atoms with Crippen molar-refractivity contribution >= 4 is 46.4 Å². The van der Waals surface area contributed by atoms with Gasteiger partial charge < -0.3 is 0 Å². The Bertz CT molecular complexity index is 130. The maximum absolute atomic E-state index is 5.49. The minimum atomic E-state index is -1.11. The second kappa shape index (κ2) is 1.49. The molecule has 46 valence electrons. The molecule has 4 heteroatoms. The van der Waals surface area contributed by atoms with Crippen LogP contribution in [0.3, 0.4) is 0 Å². The molecule has 0 bridgehead atoms. The molecule has 0 nitrogen and oxygen atoms in total. The minimum Gasteiger partial charge on any atom is -0.0936 e. The van der Waals surface area contributed by atoms with Crippen molar-refractivity contribution in [1.29, 1.82) is 0 Å². The van der Waals surface area contributed by atoms with E-state index < -0.39 is 8.67 Å². The third kappa shape index (κ3) is 0.607. The molecule has 0 N–H and O–H groups in total. The Labute approximate surface area is 67.4 Å². The molecule has 1 aliphatic rings. The summed E-state index contributed by atoms with van der Waals surface area (Å²) in [6, 6.07) is 0. The molecule has 0 aromatic carbocycles. The Morgan fingerprint density at radius 2 is 1.12 bits per heavy atom. The fourth-order valence-electron chi connectivity index (χ4n) is 0.344. The van der Waals surface area contributed by atoms with E-state index in [0.29, 0.717) is 5.57 Å². The van der Waals surface area contributed by atoms with Crippen molar-refractivity contribution in [3.63, 3.8) is 0 Å². The first-order valence-corrected chi connectivity index (χ1v) is 3.37. The lowest BCUT2D eigenvalue weighted by molar-refractivity contribution is 1.29. The van der Waals surface area contributed by atoms with Crippen molar-refractivity contribution in [2.24, 2.45) is 0 Å². The molecule has 0 saturated heterocycles. The molecule has 0 aliphatic heterocycles. The van der Waals surface area contributed by atoms with Crippen LogP contribution in [0.4, 0.5) is 0 Å². The summed E-state index contributed by atoms with van der Waals surface area (Å²) in [5.41, 5.74) is 0.455. The van der Waals surface area contributed by atoms with Crippen LogP contribution in [0.2, 0.25) is 0 Å². The maximum Gasteiger partial charge on any atom is 0.178 e. The fraction of sp³-hybridized carbons (Fsp3) is 0.500. The number of rotatable bonds is 0. The Kier molecular flexibility index (Phi) is 1.30. The fourth-order valence-corrected chi connectivity index (χ4v) is 1.37. The lowest BCUT2D eigenvalue weighted by Crippen LogP contribution is -1.96. The van der Waals surface area contributed by atoms with Crippen molar-refractivity contribution in [3.05, 3.63) is 12.2 Å². The summed E-state index contributed by atoms with van der Waals surface area (Å²) in [6.45, 7) is 3.44. The van der Waals surface area contributed by atoms with Crippen LogP contribution in [0.1, 0.15) is 0 Å². The van der Waals surface area contributed by atoms with Gasteiger partial charge in [0.2, 0.25) is 0 Å². The van der Waals surface area contributed by atoms with Gasteiger partial charge in [-0.3, -0.25) is 0 Å². The molecule has 0 aromatic heterocycles. The van der Waals surface area contributed by atoms with Crippen LogP contribution in [0.15, 0.2) is 12.2 Å². The van der Waals surface area contributed by atoms with Gasteiger partial charge in [-0.25, -0.2) is 0 Å². The Hall–Kier alpha value is 0.900. The van der Waals surface area contributed by atoms with Gasteiger partial charge in [0.1, 0.15) is 0 Å². The molecule has 0 heterocycles. The standard InChI is InChI=1S/C4H2Cl4/c1-2-3(5,6)4(2,7)8/h1H2. The largest absolute Gasteiger partial charge is 0.178 e. The second-order valence-electron chi connectivity index (χ2n) is 1.63. The van der Waals surface area contributed by atoms with E-state index in [1.54, 1.807) is 0 Å². The van der Waals surface area contributed by atoms with E-state index in [2.05, 4.69) is 6.58 Å². The highest BCUT2D eigenvalue weighted by Crippen LogP contribution is 2.67. The van der Waals surface area contributed by atoms with Crippen molar-refractivity contribution in [2.45, 2.75) is 8.67 Å². The summed E-state index contributed by atoms with van der Waals surface area (Å²) in [7, 11) is 0. The first-order chi connectivity index (χ1) is 3.40. The van der Waals surface area contributed by atoms with Gasteiger partial charge in [-0.1, -0.05) is 53.0 Å². The molecule has 1 rings (SSSR count). The van der Waals surface area contributed by atoms with E-state index in [4.69, 9.17) is 46.4 Å². The highest BCUT2D eigenvalue weighted by atomic mass is 35.5. The molecular weight excluding hydrogens is 190 g/mol. The van der Waals surface area contributed by atoms with E-state index in [-0.39, 0.29) is 0 Å². The zero-order chi connectivity index (χ0) is 6.58. The predicted molar refractivity (Wildman–Crippen MR) is 38.0 cm³/mol. The number of alkyl halides is 4. The van der Waals surface area contributed by atoms with Gasteiger partial charge in [0, 0.05) is 5.57 Å². The SMILES string of the molecule is C=C1C(Cl)(Cl)C1(Cl)Cl. The smallest absolute Gasteiger partial charge is 0.0936 e. The van der Waals surface area contributed by atoms with E-state index in [1.807, 2.05) is 0 Å². The van der Waals surface area contributed by atoms with Gasteiger partial charge in [-0.05, 0) is 0 Å². The van der Waals surface area contributed by atoms with Gasteiger partial charge in [0.05, 0.1) is 0 Å². The predicted octanol–water partition coefficient (Wildman–Crippen LogP) is 2.90. The third-order valence-electron chi connectivity index (χ3n) is 1.09. The van der Waals surface area contributed by atoms with E-state index >= 15 is 0 Å². The molecule has 1 fully saturated rings. The van der Waals surface area contributed by atoms with Gasteiger partial charge in [-0.2, -0.15) is 0 Å². The molecule has 0 atom stereocenters. The Balaban J connectivity index is 2.88. The molecule has 0 spiro atoms. The minimum absolute atomic E-state index is 0.455. The summed E-state index contributed by atoms with van der Waals surface area (Å²) in [5, 5.41) is 0. The average Bonchev–Trinajstić information content (AvgIpc) is 1.88. The van der Waals surface area contributed by atoms with Crippen LogP contribution >= 0.6 is 46.4 Å². The average molecular weight is 192 g/mol. The number of halogens is 4. The molecular formula is C4H2Cl4. The van der Waals surface area contributed by atoms with Crippen LogP contribution in [0.5, 0.6) is 0 Å². The summed E-state index contributed by atoms with van der Waals surface area (Å²) in [5.74, 6) is 0. The van der Waals surface area contributed by atoms with Crippen LogP contribution in [-0.4, -0.2) is 8.67 Å². The Morgan fingerprint density at radius 1 is 1.00 bits per heavy atom. The van der Waals surface area contributed by atoms with Crippen molar-refractivity contribution in [3.8, 4) is 0 Å². The monoisotopic (exact) mass is 190 g/mol. The highest BCUT2D eigenvalue weighted by molar-refractivity contribution is 6.72. The lowest BCUT2D eigenvalue weighted by Gasteiger charge is -1.92. The molecule has 8 heavy (non-hydrogen) atoms. The van der Waals surface area contributed by atoms with Crippen molar-refractivity contribution in [2.75, 3.05) is 0 Å². The summed E-state index contributed by atoms with van der Waals surface area (Å²) >= 11 is 21.9. The topological polar surface area (TPSA) is 0 Å². The third-order valence-corrected chi connectivity index (χ3v) is 3.52. The number of hydrogen-bond acceptors (Lipinski definition) is 0. The number of hydrogen-bond donors (Lipinski definition) is 0. The maximum atomic E-state index is 5.49. The van der Waals surface area contributed by atoms with E-state index in [9.17, 15) is 0 Å². The molecule has 0 aromatic rings. The van der Waals surface area contributed by atoms with Crippen LogP contribution in [0, 0.1) is 0 Å². The highest BCUT2D eigenvalue weighted by Gasteiger charge is 2.69. The van der Waals surface area contributed by atoms with Crippen molar-refractivity contribution < 1.29 is 0 Å². The van der Waals surface area contributed by atoms with Crippen LogP contribution in [-0.2, 0) is 0 Å². The lowest BCUT2D eigenvalue weighted by atomic mass is 10.7. The van der Waals surface area contributed by atoms with Crippen molar-refractivity contribution in [1.82, 2.24) is 0 Å². The zero-order valence-electron chi connectivity index (χ0n) is 3.72. The quantitative estimate of drug-likeness (QED) is 0.408.